The highest BCUT2D eigenvalue weighted by atomic mass is 32.3. The van der Waals surface area contributed by atoms with Crippen LogP contribution in [0.5, 0.6) is 0 Å². The fourth-order valence-electron chi connectivity index (χ4n) is 4.54. The Morgan fingerprint density at radius 3 is 2.93 bits per heavy atom. The maximum Gasteiger partial charge on any atom is 0.418 e. The fraction of sp³-hybridized carbons (Fsp3) is 0.867. The SMILES string of the molecule is CC1CNP[C@]2(CC([C@@H]3CC[C@H]4CN3C(=O)N4OS(=O)(=O)O)=NO2)C(C)C1. The third kappa shape index (κ3) is 3.55. The Bertz CT molecular complexity index is 763. The molecule has 152 valence electrons. The number of fused-ring (bicyclic) bond motifs is 2. The molecule has 4 aliphatic rings. The van der Waals surface area contributed by atoms with Gasteiger partial charge in [-0.1, -0.05) is 19.0 Å². The molecule has 27 heavy (non-hydrogen) atoms. The normalized spacial score (nSPS) is 40.4. The summed E-state index contributed by atoms with van der Waals surface area (Å²) >= 11 is 0. The number of rotatable bonds is 3. The minimum atomic E-state index is -4.74. The highest BCUT2D eigenvalue weighted by Gasteiger charge is 2.53. The molecule has 2 bridgehead atoms. The smallest absolute Gasteiger partial charge is 0.383 e. The van der Waals surface area contributed by atoms with Crippen molar-refractivity contribution in [3.63, 3.8) is 0 Å². The second kappa shape index (κ2) is 6.81. The van der Waals surface area contributed by atoms with Crippen LogP contribution in [0.25, 0.3) is 0 Å². The summed E-state index contributed by atoms with van der Waals surface area (Å²) in [5.74, 6) is 0.910. The first-order valence-corrected chi connectivity index (χ1v) is 11.6. The van der Waals surface area contributed by atoms with Crippen LogP contribution < -0.4 is 5.09 Å². The molecule has 0 saturated carbocycles. The van der Waals surface area contributed by atoms with Crippen molar-refractivity contribution in [1.29, 1.82) is 0 Å². The summed E-state index contributed by atoms with van der Waals surface area (Å²) in [7, 11) is -4.31. The van der Waals surface area contributed by atoms with Crippen LogP contribution in [0.3, 0.4) is 0 Å². The summed E-state index contributed by atoms with van der Waals surface area (Å²) in [6.45, 7) is 5.71. The van der Waals surface area contributed by atoms with Crippen LogP contribution >= 0.6 is 8.73 Å². The summed E-state index contributed by atoms with van der Waals surface area (Å²) in [4.78, 5) is 20.1. The monoisotopic (exact) mass is 420 g/mol. The minimum Gasteiger partial charge on any atom is -0.383 e. The molecule has 0 aromatic carbocycles. The number of hydrogen-bond acceptors (Lipinski definition) is 7. The topological polar surface area (TPSA) is 121 Å². The zero-order valence-electron chi connectivity index (χ0n) is 15.3. The standard InChI is InChI=1S/C15H25N4O6PS/c1-9-5-10(2)15(26-16-7-9)6-12(17-24-15)13-4-3-11-8-18(13)14(20)19(11)25-27(21,22)23/h9-11,13,16,26H,3-8H2,1-2H3,(H,21,22,23)/t9?,10?,11-,13-,15+/m0/s1. The second-order valence-electron chi connectivity index (χ2n) is 8.00. The van der Waals surface area contributed by atoms with Crippen molar-refractivity contribution in [2.24, 2.45) is 17.0 Å². The summed E-state index contributed by atoms with van der Waals surface area (Å²) < 4.78 is 35.5. The van der Waals surface area contributed by atoms with Gasteiger partial charge in [-0.25, -0.2) is 4.79 Å². The van der Waals surface area contributed by atoms with E-state index < -0.39 is 22.5 Å². The Morgan fingerprint density at radius 2 is 2.19 bits per heavy atom. The van der Waals surface area contributed by atoms with Gasteiger partial charge in [-0.05, 0) is 33.9 Å². The van der Waals surface area contributed by atoms with Crippen LogP contribution in [0.2, 0.25) is 0 Å². The first-order valence-electron chi connectivity index (χ1n) is 9.20. The molecule has 3 saturated heterocycles. The molecule has 4 aliphatic heterocycles. The summed E-state index contributed by atoms with van der Waals surface area (Å²) in [6, 6.07) is -1.19. The first-order chi connectivity index (χ1) is 12.7. The average Bonchev–Trinajstić information content (AvgIpc) is 3.06. The van der Waals surface area contributed by atoms with E-state index in [9.17, 15) is 13.2 Å². The van der Waals surface area contributed by atoms with Crippen molar-refractivity contribution in [3.8, 4) is 0 Å². The van der Waals surface area contributed by atoms with Crippen molar-refractivity contribution < 1.29 is 26.9 Å². The molecule has 0 radical (unpaired) electrons. The molecule has 10 nitrogen and oxygen atoms in total. The van der Waals surface area contributed by atoms with Crippen molar-refractivity contribution in [2.75, 3.05) is 13.1 Å². The number of nitrogens with one attached hydrogen (secondary N) is 1. The molecule has 0 aromatic heterocycles. The third-order valence-electron chi connectivity index (χ3n) is 5.95. The molecule has 12 heteroatoms. The van der Waals surface area contributed by atoms with Gasteiger partial charge in [-0.3, -0.25) is 9.64 Å². The van der Waals surface area contributed by atoms with Crippen LogP contribution in [-0.2, 0) is 19.5 Å². The van der Waals surface area contributed by atoms with Gasteiger partial charge in [0.25, 0.3) is 0 Å². The highest BCUT2D eigenvalue weighted by molar-refractivity contribution is 7.80. The van der Waals surface area contributed by atoms with Gasteiger partial charge >= 0.3 is 16.4 Å². The summed E-state index contributed by atoms with van der Waals surface area (Å²) in [6.07, 6.45) is 2.93. The van der Waals surface area contributed by atoms with Crippen molar-refractivity contribution in [3.05, 3.63) is 0 Å². The van der Waals surface area contributed by atoms with Gasteiger partial charge in [-0.15, -0.1) is 4.28 Å². The van der Waals surface area contributed by atoms with Gasteiger partial charge in [0.15, 0.2) is 5.34 Å². The molecular weight excluding hydrogens is 395 g/mol. The Kier molecular flexibility index (Phi) is 4.87. The lowest BCUT2D eigenvalue weighted by atomic mass is 9.87. The molecule has 4 heterocycles. The summed E-state index contributed by atoms with van der Waals surface area (Å²) in [5, 5.41) is 8.25. The van der Waals surface area contributed by atoms with E-state index in [1.807, 2.05) is 0 Å². The largest absolute Gasteiger partial charge is 0.418 e. The fourth-order valence-corrected chi connectivity index (χ4v) is 6.40. The van der Waals surface area contributed by atoms with Gasteiger partial charge in [0, 0.05) is 25.4 Å². The van der Waals surface area contributed by atoms with E-state index >= 15 is 0 Å². The van der Waals surface area contributed by atoms with Gasteiger partial charge in [0.1, 0.15) is 0 Å². The van der Waals surface area contributed by atoms with Crippen molar-refractivity contribution in [1.82, 2.24) is 15.1 Å². The quantitative estimate of drug-likeness (QED) is 0.522. The van der Waals surface area contributed by atoms with E-state index in [1.54, 1.807) is 4.90 Å². The number of urea groups is 1. The number of carbonyl (C=O) groups excluding carboxylic acids is 1. The third-order valence-corrected chi connectivity index (χ3v) is 7.87. The second-order valence-corrected chi connectivity index (χ2v) is 10.5. The van der Waals surface area contributed by atoms with E-state index in [1.165, 1.54) is 0 Å². The lowest BCUT2D eigenvalue weighted by molar-refractivity contribution is -0.0316. The van der Waals surface area contributed by atoms with Crippen LogP contribution in [-0.4, -0.2) is 65.2 Å². The van der Waals surface area contributed by atoms with Gasteiger partial charge in [0.2, 0.25) is 0 Å². The predicted octanol–water partition coefficient (Wildman–Crippen LogP) is 1.32. The van der Waals surface area contributed by atoms with E-state index in [-0.39, 0.29) is 11.4 Å². The van der Waals surface area contributed by atoms with Crippen LogP contribution in [0.1, 0.15) is 39.5 Å². The highest BCUT2D eigenvalue weighted by Crippen LogP contribution is 2.49. The van der Waals surface area contributed by atoms with Crippen LogP contribution in [0, 0.1) is 11.8 Å². The maximum absolute atomic E-state index is 12.6. The lowest BCUT2D eigenvalue weighted by Crippen LogP contribution is -2.46. The zero-order chi connectivity index (χ0) is 19.4. The molecule has 0 aromatic rings. The Labute approximate surface area is 160 Å². The lowest BCUT2D eigenvalue weighted by Gasteiger charge is -2.33. The Hall–Kier alpha value is -1.00. The molecule has 4 rings (SSSR count). The van der Waals surface area contributed by atoms with Gasteiger partial charge in [0.05, 0.1) is 17.8 Å². The molecular formula is C15H25N4O6PS. The van der Waals surface area contributed by atoms with Crippen molar-refractivity contribution in [2.45, 2.75) is 57.0 Å². The summed E-state index contributed by atoms with van der Waals surface area (Å²) in [5.41, 5.74) is 0.825. The van der Waals surface area contributed by atoms with E-state index in [4.69, 9.17) is 9.39 Å². The molecule has 1 spiro atoms. The molecule has 0 aliphatic carbocycles. The van der Waals surface area contributed by atoms with Crippen LogP contribution in [0.15, 0.2) is 5.16 Å². The minimum absolute atomic E-state index is 0.235. The van der Waals surface area contributed by atoms with Crippen molar-refractivity contribution >= 4 is 30.9 Å². The number of amides is 2. The average molecular weight is 420 g/mol. The molecule has 3 fully saturated rings. The molecule has 6 atom stereocenters. The molecule has 3 unspecified atom stereocenters. The van der Waals surface area contributed by atoms with E-state index in [2.05, 4.69) is 28.4 Å². The molecule has 2 amide bonds. The molecule has 2 N–H and O–H groups in total. The number of hydrogen-bond donors (Lipinski definition) is 2. The number of oxime groups is 1. The number of piperidine rings is 1. The van der Waals surface area contributed by atoms with E-state index in [0.29, 0.717) is 46.4 Å². The number of nitrogens with zero attached hydrogens (tertiary/aromatic N) is 3. The number of carbonyl (C=O) groups is 1. The van der Waals surface area contributed by atoms with Gasteiger partial charge in [-0.2, -0.15) is 13.5 Å². The zero-order valence-corrected chi connectivity index (χ0v) is 17.1. The Balaban J connectivity index is 1.49. The van der Waals surface area contributed by atoms with Gasteiger partial charge < -0.3 is 9.74 Å². The predicted molar refractivity (Wildman–Crippen MR) is 98.5 cm³/mol. The van der Waals surface area contributed by atoms with E-state index in [0.717, 1.165) is 23.7 Å². The van der Waals surface area contributed by atoms with Crippen LogP contribution in [0.4, 0.5) is 4.79 Å². The maximum atomic E-state index is 12.6. The Morgan fingerprint density at radius 1 is 1.41 bits per heavy atom. The number of hydroxylamine groups is 2. The first kappa shape index (κ1) is 19.3.